The van der Waals surface area contributed by atoms with E-state index in [1.165, 1.54) is 0 Å². The van der Waals surface area contributed by atoms with Gasteiger partial charge in [-0.05, 0) is 37.3 Å². The van der Waals surface area contributed by atoms with Gasteiger partial charge in [0.1, 0.15) is 11.4 Å². The molecule has 0 radical (unpaired) electrons. The molecule has 0 aliphatic heterocycles. The van der Waals surface area contributed by atoms with E-state index >= 15 is 0 Å². The highest BCUT2D eigenvalue weighted by molar-refractivity contribution is 7.17. The van der Waals surface area contributed by atoms with Crippen LogP contribution in [0.15, 0.2) is 48.5 Å². The molecule has 4 rings (SSSR count). The molecule has 8 nitrogen and oxygen atoms in total. The number of thiazole rings is 1. The van der Waals surface area contributed by atoms with Crippen LogP contribution in [0.3, 0.4) is 0 Å². The van der Waals surface area contributed by atoms with Gasteiger partial charge in [-0.25, -0.2) is 9.97 Å². The number of carbonyl (C=O) groups excluding carboxylic acids is 2. The monoisotopic (exact) mass is 429 g/mol. The van der Waals surface area contributed by atoms with Crippen LogP contribution in [-0.2, 0) is 0 Å². The SMILES string of the molecule is Cc1nc(Oc2ccc(C#N)cc2)sc1-c1c(C(N)=O)nc2ccccc2c1C(N)=O. The first-order chi connectivity index (χ1) is 14.9. The molecule has 0 aliphatic carbocycles. The second kappa shape index (κ2) is 7.85. The van der Waals surface area contributed by atoms with Gasteiger partial charge in [-0.3, -0.25) is 9.59 Å². The fraction of sp³-hybridized carbons (Fsp3) is 0.0455. The molecular weight excluding hydrogens is 414 g/mol. The zero-order chi connectivity index (χ0) is 22.1. The van der Waals surface area contributed by atoms with Crippen LogP contribution in [-0.4, -0.2) is 21.8 Å². The number of nitrogens with zero attached hydrogens (tertiary/aromatic N) is 3. The van der Waals surface area contributed by atoms with Gasteiger partial charge in [0.05, 0.1) is 33.3 Å². The van der Waals surface area contributed by atoms with Crippen LogP contribution in [0.2, 0.25) is 0 Å². The Morgan fingerprint density at radius 3 is 2.39 bits per heavy atom. The fourth-order valence-corrected chi connectivity index (χ4v) is 4.20. The number of fused-ring (bicyclic) bond motifs is 1. The van der Waals surface area contributed by atoms with Crippen molar-refractivity contribution in [3.8, 4) is 27.5 Å². The number of hydrogen-bond acceptors (Lipinski definition) is 7. The fourth-order valence-electron chi connectivity index (χ4n) is 3.21. The Hall–Kier alpha value is -4.29. The van der Waals surface area contributed by atoms with E-state index in [1.807, 2.05) is 6.07 Å². The third-order valence-corrected chi connectivity index (χ3v) is 5.62. The van der Waals surface area contributed by atoms with E-state index in [0.29, 0.717) is 32.8 Å². The number of pyridine rings is 1. The number of nitrogens with two attached hydrogens (primary N) is 2. The Morgan fingerprint density at radius 1 is 1.03 bits per heavy atom. The molecule has 2 aromatic carbocycles. The molecule has 0 bridgehead atoms. The van der Waals surface area contributed by atoms with Crippen LogP contribution in [0, 0.1) is 18.3 Å². The number of rotatable bonds is 5. The quantitative estimate of drug-likeness (QED) is 0.496. The number of amides is 2. The third kappa shape index (κ3) is 3.68. The van der Waals surface area contributed by atoms with Crippen molar-refractivity contribution in [3.05, 3.63) is 71.0 Å². The lowest BCUT2D eigenvalue weighted by molar-refractivity contribution is 0.0996. The molecule has 9 heteroatoms. The Morgan fingerprint density at radius 2 is 1.74 bits per heavy atom. The predicted molar refractivity (Wildman–Crippen MR) is 116 cm³/mol. The van der Waals surface area contributed by atoms with Gasteiger partial charge >= 0.3 is 0 Å². The first-order valence-electron chi connectivity index (χ1n) is 9.07. The molecule has 0 unspecified atom stereocenters. The van der Waals surface area contributed by atoms with E-state index in [9.17, 15) is 9.59 Å². The van der Waals surface area contributed by atoms with Crippen molar-refractivity contribution in [2.45, 2.75) is 6.92 Å². The summed E-state index contributed by atoms with van der Waals surface area (Å²) in [5.41, 5.74) is 13.1. The summed E-state index contributed by atoms with van der Waals surface area (Å²) < 4.78 is 5.79. The van der Waals surface area contributed by atoms with Crippen molar-refractivity contribution >= 4 is 34.1 Å². The van der Waals surface area contributed by atoms with E-state index < -0.39 is 11.8 Å². The average molecular weight is 429 g/mol. The molecule has 0 spiro atoms. The van der Waals surface area contributed by atoms with Crippen LogP contribution in [0.1, 0.15) is 32.1 Å². The summed E-state index contributed by atoms with van der Waals surface area (Å²) in [5, 5.41) is 9.72. The summed E-state index contributed by atoms with van der Waals surface area (Å²) in [6.07, 6.45) is 0. The molecule has 4 aromatic rings. The largest absolute Gasteiger partial charge is 0.431 e. The van der Waals surface area contributed by atoms with E-state index in [-0.39, 0.29) is 22.0 Å². The van der Waals surface area contributed by atoms with Crippen molar-refractivity contribution < 1.29 is 14.3 Å². The summed E-state index contributed by atoms with van der Waals surface area (Å²) in [6.45, 7) is 1.72. The predicted octanol–water partition coefficient (Wildman–Crippen LogP) is 3.53. The van der Waals surface area contributed by atoms with Gasteiger partial charge in [-0.2, -0.15) is 5.26 Å². The number of aromatic nitrogens is 2. The minimum atomic E-state index is -0.786. The van der Waals surface area contributed by atoms with Crippen molar-refractivity contribution in [1.82, 2.24) is 9.97 Å². The summed E-state index contributed by atoms with van der Waals surface area (Å²) >= 11 is 1.14. The Bertz CT molecular complexity index is 1390. The molecule has 0 saturated carbocycles. The maximum atomic E-state index is 12.4. The molecule has 0 aliphatic rings. The average Bonchev–Trinajstić information content (AvgIpc) is 3.12. The second-order valence-electron chi connectivity index (χ2n) is 6.59. The summed E-state index contributed by atoms with van der Waals surface area (Å²) in [7, 11) is 0. The molecular formula is C22H15N5O3S. The number of primary amides is 2. The molecule has 152 valence electrons. The van der Waals surface area contributed by atoms with Gasteiger partial charge in [0.15, 0.2) is 0 Å². The first kappa shape index (κ1) is 20.0. The molecule has 0 fully saturated rings. The summed E-state index contributed by atoms with van der Waals surface area (Å²) in [4.78, 5) is 33.9. The number of benzene rings is 2. The number of nitriles is 1. The van der Waals surface area contributed by atoms with Gasteiger partial charge in [0.2, 0.25) is 5.91 Å². The van der Waals surface area contributed by atoms with Gasteiger partial charge in [-0.15, -0.1) is 0 Å². The molecule has 0 atom stereocenters. The van der Waals surface area contributed by atoms with Crippen LogP contribution in [0.25, 0.3) is 21.3 Å². The van der Waals surface area contributed by atoms with Crippen LogP contribution in [0.5, 0.6) is 10.9 Å². The number of carbonyl (C=O) groups is 2. The van der Waals surface area contributed by atoms with E-state index in [0.717, 1.165) is 11.3 Å². The molecule has 0 saturated heterocycles. The van der Waals surface area contributed by atoms with Crippen molar-refractivity contribution in [3.63, 3.8) is 0 Å². The smallest absolute Gasteiger partial charge is 0.279 e. The topological polar surface area (TPSA) is 145 Å². The zero-order valence-corrected chi connectivity index (χ0v) is 17.1. The molecule has 4 N–H and O–H groups in total. The normalized spacial score (nSPS) is 10.6. The van der Waals surface area contributed by atoms with Gasteiger partial charge in [0, 0.05) is 10.9 Å². The van der Waals surface area contributed by atoms with Crippen LogP contribution in [0.4, 0.5) is 0 Å². The Balaban J connectivity index is 1.89. The van der Waals surface area contributed by atoms with Crippen LogP contribution < -0.4 is 16.2 Å². The standard InChI is InChI=1S/C22H15N5O3S/c1-11-19(31-22(26-11)30-13-8-6-12(10-23)7-9-13)17-16(20(24)28)14-4-2-3-5-15(14)27-18(17)21(25)29/h2-9H,1H3,(H2,24,28)(H2,25,29). The highest BCUT2D eigenvalue weighted by Crippen LogP contribution is 2.40. The highest BCUT2D eigenvalue weighted by Gasteiger charge is 2.26. The molecule has 31 heavy (non-hydrogen) atoms. The lowest BCUT2D eigenvalue weighted by Gasteiger charge is -2.13. The van der Waals surface area contributed by atoms with Gasteiger partial charge in [0.25, 0.3) is 11.1 Å². The lowest BCUT2D eigenvalue weighted by Crippen LogP contribution is -2.20. The number of para-hydroxylation sites is 1. The number of hydrogen-bond donors (Lipinski definition) is 2. The number of ether oxygens (including phenoxy) is 1. The van der Waals surface area contributed by atoms with E-state index in [2.05, 4.69) is 9.97 Å². The van der Waals surface area contributed by atoms with Crippen LogP contribution >= 0.6 is 11.3 Å². The Kier molecular flexibility index (Phi) is 5.07. The zero-order valence-electron chi connectivity index (χ0n) is 16.2. The minimum absolute atomic E-state index is 0.0656. The maximum Gasteiger partial charge on any atom is 0.279 e. The van der Waals surface area contributed by atoms with Crippen molar-refractivity contribution in [1.29, 1.82) is 5.26 Å². The Labute approximate surface area is 180 Å². The van der Waals surface area contributed by atoms with Crippen molar-refractivity contribution in [2.75, 3.05) is 0 Å². The summed E-state index contributed by atoms with van der Waals surface area (Å²) in [5.74, 6) is -1.01. The molecule has 2 aromatic heterocycles. The van der Waals surface area contributed by atoms with Gasteiger partial charge in [-0.1, -0.05) is 29.5 Å². The lowest BCUT2D eigenvalue weighted by atomic mass is 9.97. The molecule has 2 heterocycles. The van der Waals surface area contributed by atoms with E-state index in [4.69, 9.17) is 21.5 Å². The maximum absolute atomic E-state index is 12.4. The summed E-state index contributed by atoms with van der Waals surface area (Å²) in [6, 6.07) is 15.5. The number of aryl methyl sites for hydroxylation is 1. The van der Waals surface area contributed by atoms with E-state index in [1.54, 1.807) is 55.5 Å². The first-order valence-corrected chi connectivity index (χ1v) is 9.89. The molecule has 2 amide bonds. The highest BCUT2D eigenvalue weighted by atomic mass is 32.1. The second-order valence-corrected chi connectivity index (χ2v) is 7.55. The minimum Gasteiger partial charge on any atom is -0.431 e. The van der Waals surface area contributed by atoms with Crippen molar-refractivity contribution in [2.24, 2.45) is 11.5 Å². The third-order valence-electron chi connectivity index (χ3n) is 4.56. The van der Waals surface area contributed by atoms with Gasteiger partial charge < -0.3 is 16.2 Å².